The molecule has 0 aliphatic carbocycles. The smallest absolute Gasteiger partial charge is 0.227 e. The first kappa shape index (κ1) is 19.4. The normalized spacial score (nSPS) is 11.1. The Kier molecular flexibility index (Phi) is 5.89. The van der Waals surface area contributed by atoms with Crippen LogP contribution in [0.4, 0.5) is 0 Å². The molecule has 0 aliphatic heterocycles. The molecule has 2 aromatic carbocycles. The SMILES string of the molecule is Cc1ccc(-c2cn[nH]c2-c2cccc(S)c2C#N)cc1/C(CN)=N\NC=O. The van der Waals surface area contributed by atoms with E-state index >= 15 is 0 Å². The molecule has 3 aromatic rings. The molecule has 0 aliphatic rings. The van der Waals surface area contributed by atoms with E-state index in [0.717, 1.165) is 33.5 Å². The van der Waals surface area contributed by atoms with Gasteiger partial charge in [-0.3, -0.25) is 9.89 Å². The van der Waals surface area contributed by atoms with Crippen molar-refractivity contribution in [3.05, 3.63) is 59.3 Å². The van der Waals surface area contributed by atoms with Gasteiger partial charge in [0, 0.05) is 28.1 Å². The van der Waals surface area contributed by atoms with Gasteiger partial charge in [-0.15, -0.1) is 12.6 Å². The fourth-order valence-electron chi connectivity index (χ4n) is 3.00. The van der Waals surface area contributed by atoms with Gasteiger partial charge < -0.3 is 5.73 Å². The summed E-state index contributed by atoms with van der Waals surface area (Å²) in [7, 11) is 0. The van der Waals surface area contributed by atoms with E-state index in [0.29, 0.717) is 22.6 Å². The van der Waals surface area contributed by atoms with Crippen molar-refractivity contribution >= 4 is 24.8 Å². The first-order chi connectivity index (χ1) is 13.6. The van der Waals surface area contributed by atoms with Gasteiger partial charge in [-0.25, -0.2) is 5.43 Å². The number of nitrogens with zero attached hydrogens (tertiary/aromatic N) is 3. The maximum absolute atomic E-state index is 10.6. The van der Waals surface area contributed by atoms with E-state index in [1.807, 2.05) is 37.3 Å². The van der Waals surface area contributed by atoms with Gasteiger partial charge in [-0.1, -0.05) is 24.3 Å². The Bertz CT molecular complexity index is 1100. The second-order valence-corrected chi connectivity index (χ2v) is 6.49. The van der Waals surface area contributed by atoms with Crippen LogP contribution in [0, 0.1) is 18.3 Å². The number of aromatic amines is 1. The zero-order valence-electron chi connectivity index (χ0n) is 15.1. The molecule has 1 amide bonds. The summed E-state index contributed by atoms with van der Waals surface area (Å²) in [6.45, 7) is 2.11. The minimum absolute atomic E-state index is 0.170. The molecular weight excluding hydrogens is 372 g/mol. The molecule has 0 bridgehead atoms. The largest absolute Gasteiger partial charge is 0.325 e. The van der Waals surface area contributed by atoms with Crippen LogP contribution in [0.5, 0.6) is 0 Å². The van der Waals surface area contributed by atoms with Gasteiger partial charge in [0.2, 0.25) is 6.41 Å². The minimum atomic E-state index is 0.170. The van der Waals surface area contributed by atoms with Crippen LogP contribution in [0.25, 0.3) is 22.4 Å². The number of nitrogens with one attached hydrogen (secondary N) is 2. The third-order valence-corrected chi connectivity index (χ3v) is 4.74. The number of rotatable bonds is 6. The van der Waals surface area contributed by atoms with Crippen molar-refractivity contribution < 1.29 is 4.79 Å². The van der Waals surface area contributed by atoms with Crippen molar-refractivity contribution in [1.29, 1.82) is 5.26 Å². The molecule has 3 rings (SSSR count). The maximum atomic E-state index is 10.6. The van der Waals surface area contributed by atoms with Crippen LogP contribution in [-0.4, -0.2) is 28.9 Å². The number of carbonyl (C=O) groups is 1. The summed E-state index contributed by atoms with van der Waals surface area (Å²) in [5, 5.41) is 20.7. The van der Waals surface area contributed by atoms with E-state index in [1.54, 1.807) is 12.3 Å². The van der Waals surface area contributed by atoms with E-state index < -0.39 is 0 Å². The molecule has 0 spiro atoms. The number of nitriles is 1. The topological polar surface area (TPSA) is 120 Å². The van der Waals surface area contributed by atoms with Gasteiger partial charge in [-0.2, -0.15) is 15.5 Å². The second-order valence-electron chi connectivity index (χ2n) is 6.01. The molecule has 7 nitrogen and oxygen atoms in total. The molecule has 0 saturated heterocycles. The summed E-state index contributed by atoms with van der Waals surface area (Å²) in [4.78, 5) is 11.2. The number of thiol groups is 1. The predicted octanol–water partition coefficient (Wildman–Crippen LogP) is 2.62. The Morgan fingerprint density at radius 1 is 1.39 bits per heavy atom. The van der Waals surface area contributed by atoms with E-state index in [-0.39, 0.29) is 6.54 Å². The molecule has 0 radical (unpaired) electrons. The van der Waals surface area contributed by atoms with Crippen LogP contribution in [0.2, 0.25) is 0 Å². The highest BCUT2D eigenvalue weighted by Crippen LogP contribution is 2.34. The summed E-state index contributed by atoms with van der Waals surface area (Å²) in [6, 6.07) is 13.5. The highest BCUT2D eigenvalue weighted by Gasteiger charge is 2.16. The van der Waals surface area contributed by atoms with Crippen LogP contribution in [0.1, 0.15) is 16.7 Å². The Morgan fingerprint density at radius 3 is 2.93 bits per heavy atom. The highest BCUT2D eigenvalue weighted by molar-refractivity contribution is 7.80. The van der Waals surface area contributed by atoms with Crippen molar-refractivity contribution in [2.45, 2.75) is 11.8 Å². The van der Waals surface area contributed by atoms with Crippen LogP contribution in [0.15, 0.2) is 52.6 Å². The Labute approximate surface area is 167 Å². The molecule has 8 heteroatoms. The fourth-order valence-corrected chi connectivity index (χ4v) is 3.25. The molecule has 4 N–H and O–H groups in total. The second kappa shape index (κ2) is 8.52. The average Bonchev–Trinajstić information content (AvgIpc) is 3.19. The lowest BCUT2D eigenvalue weighted by molar-refractivity contribution is -0.109. The van der Waals surface area contributed by atoms with Gasteiger partial charge >= 0.3 is 0 Å². The molecule has 140 valence electrons. The lowest BCUT2D eigenvalue weighted by atomic mass is 9.94. The van der Waals surface area contributed by atoms with E-state index in [1.165, 1.54) is 0 Å². The van der Waals surface area contributed by atoms with Crippen LogP contribution in [-0.2, 0) is 4.79 Å². The highest BCUT2D eigenvalue weighted by atomic mass is 32.1. The number of aromatic nitrogens is 2. The van der Waals surface area contributed by atoms with Crippen molar-refractivity contribution in [2.75, 3.05) is 6.54 Å². The summed E-state index contributed by atoms with van der Waals surface area (Å²) in [5.41, 5.74) is 14.1. The van der Waals surface area contributed by atoms with E-state index in [4.69, 9.17) is 5.73 Å². The zero-order chi connectivity index (χ0) is 20.1. The first-order valence-corrected chi connectivity index (χ1v) is 8.88. The molecule has 0 saturated carbocycles. The van der Waals surface area contributed by atoms with Gasteiger partial charge in [0.1, 0.15) is 6.07 Å². The van der Waals surface area contributed by atoms with Gasteiger partial charge in [0.15, 0.2) is 0 Å². The number of nitrogens with two attached hydrogens (primary N) is 1. The molecule has 28 heavy (non-hydrogen) atoms. The molecule has 1 aromatic heterocycles. The number of hydrazone groups is 1. The Morgan fingerprint density at radius 2 is 2.21 bits per heavy atom. The Balaban J connectivity index is 2.15. The molecule has 0 atom stereocenters. The lowest BCUT2D eigenvalue weighted by Gasteiger charge is -2.11. The molecule has 0 fully saturated rings. The van der Waals surface area contributed by atoms with Crippen LogP contribution in [0.3, 0.4) is 0 Å². The number of hydrogen-bond donors (Lipinski definition) is 4. The van der Waals surface area contributed by atoms with Crippen molar-refractivity contribution in [3.63, 3.8) is 0 Å². The number of amides is 1. The fraction of sp³-hybridized carbons (Fsp3) is 0.100. The monoisotopic (exact) mass is 390 g/mol. The molecule has 1 heterocycles. The van der Waals surface area contributed by atoms with Gasteiger partial charge in [0.25, 0.3) is 0 Å². The molecular formula is C20H18N6OS. The van der Waals surface area contributed by atoms with E-state index in [2.05, 4.69) is 39.4 Å². The minimum Gasteiger partial charge on any atom is -0.325 e. The van der Waals surface area contributed by atoms with Crippen molar-refractivity contribution in [3.8, 4) is 28.5 Å². The maximum Gasteiger partial charge on any atom is 0.227 e. The Hall–Kier alpha value is -3.41. The van der Waals surface area contributed by atoms with E-state index in [9.17, 15) is 10.1 Å². The average molecular weight is 390 g/mol. The first-order valence-electron chi connectivity index (χ1n) is 8.43. The zero-order valence-corrected chi connectivity index (χ0v) is 16.0. The standard InChI is InChI=1S/C20H18N6OS/c1-12-5-6-13(7-15(12)18(9-22)25-24-11-27)17-10-23-26-20(17)14-3-2-4-19(28)16(14)8-21/h2-7,10-11,28H,9,22H2,1H3,(H,23,26)(H,24,27)/b25-18-. The number of hydrogen-bond acceptors (Lipinski definition) is 6. The number of aryl methyl sites for hydroxylation is 1. The van der Waals surface area contributed by atoms with Crippen molar-refractivity contribution in [1.82, 2.24) is 15.6 Å². The summed E-state index contributed by atoms with van der Waals surface area (Å²) >= 11 is 4.38. The molecule has 0 unspecified atom stereocenters. The summed E-state index contributed by atoms with van der Waals surface area (Å²) in [6.07, 6.45) is 2.20. The van der Waals surface area contributed by atoms with Crippen LogP contribution >= 0.6 is 12.6 Å². The van der Waals surface area contributed by atoms with Crippen molar-refractivity contribution in [2.24, 2.45) is 10.8 Å². The predicted molar refractivity (Wildman–Crippen MR) is 111 cm³/mol. The third kappa shape index (κ3) is 3.67. The van der Waals surface area contributed by atoms with Crippen LogP contribution < -0.4 is 11.2 Å². The lowest BCUT2D eigenvalue weighted by Crippen LogP contribution is -2.20. The third-order valence-electron chi connectivity index (χ3n) is 4.37. The van der Waals surface area contributed by atoms with Gasteiger partial charge in [0.05, 0.1) is 23.2 Å². The number of benzene rings is 2. The van der Waals surface area contributed by atoms with Gasteiger partial charge in [-0.05, 0) is 30.2 Å². The summed E-state index contributed by atoms with van der Waals surface area (Å²) < 4.78 is 0. The quantitative estimate of drug-likeness (QED) is 0.224. The summed E-state index contributed by atoms with van der Waals surface area (Å²) in [5.74, 6) is 0. The number of carbonyl (C=O) groups excluding carboxylic acids is 1. The number of H-pyrrole nitrogens is 1.